The third kappa shape index (κ3) is 2.71. The Balaban J connectivity index is 1.63. The van der Waals surface area contributed by atoms with Gasteiger partial charge >= 0.3 is 0 Å². The van der Waals surface area contributed by atoms with Gasteiger partial charge in [-0.25, -0.2) is 0 Å². The van der Waals surface area contributed by atoms with E-state index in [1.807, 2.05) is 30.3 Å². The van der Waals surface area contributed by atoms with E-state index in [2.05, 4.69) is 5.32 Å². The van der Waals surface area contributed by atoms with Crippen molar-refractivity contribution in [1.29, 1.82) is 0 Å². The molecule has 114 valence electrons. The van der Waals surface area contributed by atoms with Gasteiger partial charge in [-0.1, -0.05) is 23.7 Å². The molecule has 3 aromatic rings. The molecule has 2 heterocycles. The van der Waals surface area contributed by atoms with E-state index >= 15 is 0 Å². The largest absolute Gasteiger partial charge is 0.488 e. The summed E-state index contributed by atoms with van der Waals surface area (Å²) < 4.78 is 5.73. The van der Waals surface area contributed by atoms with Crippen molar-refractivity contribution >= 4 is 34.5 Å². The number of para-hydroxylation sites is 1. The first-order valence-corrected chi connectivity index (χ1v) is 8.32. The quantitative estimate of drug-likeness (QED) is 0.694. The van der Waals surface area contributed by atoms with Crippen molar-refractivity contribution in [2.45, 2.75) is 6.61 Å². The number of thiophene rings is 1. The molecule has 0 spiro atoms. The zero-order valence-corrected chi connectivity index (χ0v) is 13.6. The maximum absolute atomic E-state index is 12.5. The summed E-state index contributed by atoms with van der Waals surface area (Å²) >= 11 is 7.35. The second kappa shape index (κ2) is 5.72. The Morgan fingerprint density at radius 2 is 1.91 bits per heavy atom. The number of benzene rings is 2. The number of fused-ring (bicyclic) bond motifs is 3. The predicted octanol–water partition coefficient (Wildman–Crippen LogP) is 5.21. The smallest absolute Gasteiger partial charge is 0.265 e. The number of amides is 1. The second-order valence-electron chi connectivity index (χ2n) is 5.21. The van der Waals surface area contributed by atoms with Crippen molar-refractivity contribution in [3.8, 4) is 16.2 Å². The SMILES string of the molecule is O=C(Nc1ccc(Cl)cc1)c1cc2c(s1)-c1ccccc1OC2. The molecule has 1 aromatic heterocycles. The molecular formula is C18H12ClNO2S. The van der Waals surface area contributed by atoms with Gasteiger partial charge in [0.25, 0.3) is 5.91 Å². The van der Waals surface area contributed by atoms with Gasteiger partial charge in [0.05, 0.1) is 4.88 Å². The summed E-state index contributed by atoms with van der Waals surface area (Å²) in [6.07, 6.45) is 0. The molecule has 23 heavy (non-hydrogen) atoms. The van der Waals surface area contributed by atoms with Crippen LogP contribution >= 0.6 is 22.9 Å². The molecule has 0 aliphatic carbocycles. The minimum Gasteiger partial charge on any atom is -0.488 e. The first kappa shape index (κ1) is 14.3. The van der Waals surface area contributed by atoms with Crippen LogP contribution in [0.1, 0.15) is 15.2 Å². The molecule has 3 nitrogen and oxygen atoms in total. The van der Waals surface area contributed by atoms with E-state index in [0.717, 1.165) is 27.4 Å². The average Bonchev–Trinajstić information content (AvgIpc) is 3.02. The minimum absolute atomic E-state index is 0.121. The number of hydrogen-bond donors (Lipinski definition) is 1. The van der Waals surface area contributed by atoms with Crippen LogP contribution in [0.3, 0.4) is 0 Å². The molecule has 2 aromatic carbocycles. The molecule has 0 atom stereocenters. The van der Waals surface area contributed by atoms with Crippen molar-refractivity contribution in [1.82, 2.24) is 0 Å². The number of anilines is 1. The number of nitrogens with one attached hydrogen (secondary N) is 1. The highest BCUT2D eigenvalue weighted by molar-refractivity contribution is 7.17. The van der Waals surface area contributed by atoms with Crippen molar-refractivity contribution < 1.29 is 9.53 Å². The Hall–Kier alpha value is -2.30. The van der Waals surface area contributed by atoms with Gasteiger partial charge in [-0.3, -0.25) is 4.79 Å². The number of carbonyl (C=O) groups is 1. The Morgan fingerprint density at radius 3 is 2.74 bits per heavy atom. The van der Waals surface area contributed by atoms with Crippen LogP contribution in [0.15, 0.2) is 54.6 Å². The normalized spacial score (nSPS) is 12.0. The lowest BCUT2D eigenvalue weighted by molar-refractivity contribution is 0.103. The monoisotopic (exact) mass is 341 g/mol. The maximum Gasteiger partial charge on any atom is 0.265 e. The molecule has 1 aliphatic heterocycles. The fraction of sp³-hybridized carbons (Fsp3) is 0.0556. The summed E-state index contributed by atoms with van der Waals surface area (Å²) in [5.41, 5.74) is 2.82. The van der Waals surface area contributed by atoms with Crippen LogP contribution in [0, 0.1) is 0 Å². The standard InChI is InChI=1S/C18H12ClNO2S/c19-12-5-7-13(8-6-12)20-18(21)16-9-11-10-22-15-4-2-1-3-14(15)17(11)23-16/h1-9H,10H2,(H,20,21). The van der Waals surface area contributed by atoms with Crippen LogP contribution in [0.2, 0.25) is 5.02 Å². The lowest BCUT2D eigenvalue weighted by Crippen LogP contribution is -2.09. The molecular weight excluding hydrogens is 330 g/mol. The Bertz CT molecular complexity index is 886. The Labute approximate surface area is 142 Å². The molecule has 1 amide bonds. The highest BCUT2D eigenvalue weighted by Crippen LogP contribution is 2.42. The number of rotatable bonds is 2. The summed E-state index contributed by atoms with van der Waals surface area (Å²) in [4.78, 5) is 14.2. The first-order valence-electron chi connectivity index (χ1n) is 7.12. The summed E-state index contributed by atoms with van der Waals surface area (Å²) in [6, 6.07) is 16.9. The molecule has 4 rings (SSSR count). The topological polar surface area (TPSA) is 38.3 Å². The van der Waals surface area contributed by atoms with Crippen LogP contribution in [0.5, 0.6) is 5.75 Å². The van der Waals surface area contributed by atoms with Crippen molar-refractivity contribution in [2.24, 2.45) is 0 Å². The van der Waals surface area contributed by atoms with Crippen LogP contribution in [0.4, 0.5) is 5.69 Å². The highest BCUT2D eigenvalue weighted by atomic mass is 35.5. The lowest BCUT2D eigenvalue weighted by Gasteiger charge is -2.16. The summed E-state index contributed by atoms with van der Waals surface area (Å²) in [5, 5.41) is 3.53. The second-order valence-corrected chi connectivity index (χ2v) is 6.70. The van der Waals surface area contributed by atoms with Crippen LogP contribution in [-0.4, -0.2) is 5.91 Å². The molecule has 0 radical (unpaired) electrons. The molecule has 1 N–H and O–H groups in total. The zero-order valence-electron chi connectivity index (χ0n) is 12.0. The fourth-order valence-electron chi connectivity index (χ4n) is 2.54. The molecule has 0 saturated carbocycles. The predicted molar refractivity (Wildman–Crippen MR) is 93.5 cm³/mol. The summed E-state index contributed by atoms with van der Waals surface area (Å²) in [6.45, 7) is 0.497. The van der Waals surface area contributed by atoms with E-state index in [1.54, 1.807) is 24.3 Å². The van der Waals surface area contributed by atoms with Gasteiger partial charge in [-0.2, -0.15) is 0 Å². The van der Waals surface area contributed by atoms with Gasteiger partial charge in [-0.05, 0) is 42.5 Å². The fourth-order valence-corrected chi connectivity index (χ4v) is 3.76. The van der Waals surface area contributed by atoms with Crippen LogP contribution < -0.4 is 10.1 Å². The Morgan fingerprint density at radius 1 is 1.13 bits per heavy atom. The number of hydrogen-bond acceptors (Lipinski definition) is 3. The van der Waals surface area contributed by atoms with Gasteiger partial charge < -0.3 is 10.1 Å². The summed E-state index contributed by atoms with van der Waals surface area (Å²) in [7, 11) is 0. The van der Waals surface area contributed by atoms with E-state index in [1.165, 1.54) is 11.3 Å². The van der Waals surface area contributed by atoms with E-state index in [-0.39, 0.29) is 5.91 Å². The lowest BCUT2D eigenvalue weighted by atomic mass is 10.1. The third-order valence-electron chi connectivity index (χ3n) is 3.65. The van der Waals surface area contributed by atoms with E-state index in [4.69, 9.17) is 16.3 Å². The molecule has 0 fully saturated rings. The van der Waals surface area contributed by atoms with Gasteiger partial charge in [-0.15, -0.1) is 11.3 Å². The summed E-state index contributed by atoms with van der Waals surface area (Å²) in [5.74, 6) is 0.746. The number of halogens is 1. The van der Waals surface area contributed by atoms with Crippen molar-refractivity contribution in [3.05, 3.63) is 70.1 Å². The van der Waals surface area contributed by atoms with E-state index < -0.39 is 0 Å². The molecule has 1 aliphatic rings. The van der Waals surface area contributed by atoms with Crippen LogP contribution in [-0.2, 0) is 6.61 Å². The van der Waals surface area contributed by atoms with Crippen LogP contribution in [0.25, 0.3) is 10.4 Å². The third-order valence-corrected chi connectivity index (χ3v) is 5.11. The van der Waals surface area contributed by atoms with Crippen molar-refractivity contribution in [2.75, 3.05) is 5.32 Å². The minimum atomic E-state index is -0.121. The van der Waals surface area contributed by atoms with Gasteiger partial charge in [0, 0.05) is 26.7 Å². The molecule has 0 bridgehead atoms. The zero-order chi connectivity index (χ0) is 15.8. The van der Waals surface area contributed by atoms with E-state index in [9.17, 15) is 4.79 Å². The molecule has 0 unspecified atom stereocenters. The number of carbonyl (C=O) groups excluding carboxylic acids is 1. The van der Waals surface area contributed by atoms with Gasteiger partial charge in [0.2, 0.25) is 0 Å². The highest BCUT2D eigenvalue weighted by Gasteiger charge is 2.22. The average molecular weight is 342 g/mol. The van der Waals surface area contributed by atoms with Gasteiger partial charge in [0.15, 0.2) is 0 Å². The molecule has 5 heteroatoms. The van der Waals surface area contributed by atoms with Gasteiger partial charge in [0.1, 0.15) is 12.4 Å². The first-order chi connectivity index (χ1) is 11.2. The molecule has 0 saturated heterocycles. The van der Waals surface area contributed by atoms with E-state index in [0.29, 0.717) is 16.5 Å². The number of ether oxygens (including phenoxy) is 1. The Kier molecular flexibility index (Phi) is 3.56. The maximum atomic E-state index is 12.5. The van der Waals surface area contributed by atoms with Crippen molar-refractivity contribution in [3.63, 3.8) is 0 Å².